The average Bonchev–Trinajstić information content (AvgIpc) is 2.88. The highest BCUT2D eigenvalue weighted by molar-refractivity contribution is 14.0. The van der Waals surface area contributed by atoms with Crippen LogP contribution in [0.2, 0.25) is 0 Å². The second-order valence-electron chi connectivity index (χ2n) is 5.22. The topological polar surface area (TPSA) is 92.5 Å². The minimum absolute atomic E-state index is 0. The quantitative estimate of drug-likeness (QED) is 0.219. The summed E-state index contributed by atoms with van der Waals surface area (Å²) >= 11 is 1.66. The smallest absolute Gasteiger partial charge is 0.269 e. The summed E-state index contributed by atoms with van der Waals surface area (Å²) in [5.41, 5.74) is 1.90. The summed E-state index contributed by atoms with van der Waals surface area (Å²) in [7, 11) is 0. The predicted molar refractivity (Wildman–Crippen MR) is 112 cm³/mol. The number of aryl methyl sites for hydroxylation is 2. The molecule has 1 aromatic carbocycles. The average molecular weight is 475 g/mol. The number of benzene rings is 1. The lowest BCUT2D eigenvalue weighted by Crippen LogP contribution is -2.36. The van der Waals surface area contributed by atoms with Gasteiger partial charge in [-0.2, -0.15) is 0 Å². The molecule has 0 atom stereocenters. The molecule has 2 aromatic rings. The molecular formula is C16H22IN5O2S. The van der Waals surface area contributed by atoms with Crippen LogP contribution in [0.3, 0.4) is 0 Å². The van der Waals surface area contributed by atoms with E-state index >= 15 is 0 Å². The van der Waals surface area contributed by atoms with Crippen molar-refractivity contribution in [1.82, 2.24) is 15.6 Å². The third-order valence-electron chi connectivity index (χ3n) is 3.30. The van der Waals surface area contributed by atoms with Crippen LogP contribution in [0.5, 0.6) is 0 Å². The third-order valence-corrected chi connectivity index (χ3v) is 4.37. The number of hydrogen-bond acceptors (Lipinski definition) is 5. The first-order valence-electron chi connectivity index (χ1n) is 7.68. The molecular weight excluding hydrogens is 453 g/mol. The minimum atomic E-state index is -0.397. The Bertz CT molecular complexity index is 748. The zero-order valence-corrected chi connectivity index (χ0v) is 17.6. The molecule has 0 unspecified atom stereocenters. The van der Waals surface area contributed by atoms with Crippen molar-refractivity contribution < 1.29 is 4.92 Å². The first kappa shape index (κ1) is 21.3. The van der Waals surface area contributed by atoms with Crippen LogP contribution in [0.4, 0.5) is 5.69 Å². The summed E-state index contributed by atoms with van der Waals surface area (Å²) in [6, 6.07) is 6.53. The Morgan fingerprint density at radius 2 is 2.12 bits per heavy atom. The molecule has 0 amide bonds. The van der Waals surface area contributed by atoms with E-state index in [-0.39, 0.29) is 29.7 Å². The van der Waals surface area contributed by atoms with E-state index in [0.29, 0.717) is 19.0 Å². The van der Waals surface area contributed by atoms with Gasteiger partial charge in [0.2, 0.25) is 0 Å². The summed E-state index contributed by atoms with van der Waals surface area (Å²) in [4.78, 5) is 20.5. The van der Waals surface area contributed by atoms with Crippen molar-refractivity contribution >= 4 is 47.0 Å². The van der Waals surface area contributed by atoms with Crippen LogP contribution >= 0.6 is 35.3 Å². The van der Waals surface area contributed by atoms with Crippen LogP contribution in [-0.2, 0) is 13.1 Å². The Kier molecular flexibility index (Phi) is 8.76. The van der Waals surface area contributed by atoms with E-state index in [1.807, 2.05) is 26.8 Å². The zero-order valence-electron chi connectivity index (χ0n) is 14.4. The number of nitrogens with one attached hydrogen (secondary N) is 2. The molecule has 0 aliphatic rings. The summed E-state index contributed by atoms with van der Waals surface area (Å²) in [5, 5.41) is 18.3. The van der Waals surface area contributed by atoms with Crippen LogP contribution < -0.4 is 10.6 Å². The highest BCUT2D eigenvalue weighted by Gasteiger charge is 2.07. The monoisotopic (exact) mass is 475 g/mol. The Labute approximate surface area is 168 Å². The highest BCUT2D eigenvalue weighted by Crippen LogP contribution is 2.16. The van der Waals surface area contributed by atoms with Crippen molar-refractivity contribution in [3.63, 3.8) is 0 Å². The van der Waals surface area contributed by atoms with Crippen molar-refractivity contribution in [2.45, 2.75) is 33.9 Å². The van der Waals surface area contributed by atoms with E-state index in [2.05, 4.69) is 20.6 Å². The van der Waals surface area contributed by atoms with Gasteiger partial charge in [-0.15, -0.1) is 35.3 Å². The van der Waals surface area contributed by atoms with E-state index in [9.17, 15) is 10.1 Å². The zero-order chi connectivity index (χ0) is 17.5. The normalized spacial score (nSPS) is 10.9. The van der Waals surface area contributed by atoms with E-state index in [1.165, 1.54) is 10.9 Å². The highest BCUT2D eigenvalue weighted by atomic mass is 127. The van der Waals surface area contributed by atoms with Crippen LogP contribution in [0.15, 0.2) is 29.3 Å². The molecule has 0 fully saturated rings. The first-order valence-corrected chi connectivity index (χ1v) is 8.49. The summed E-state index contributed by atoms with van der Waals surface area (Å²) in [5.74, 6) is 0.675. The van der Waals surface area contributed by atoms with Crippen molar-refractivity contribution in [1.29, 1.82) is 0 Å². The van der Waals surface area contributed by atoms with Crippen molar-refractivity contribution in [3.8, 4) is 0 Å². The number of nitro groups is 1. The van der Waals surface area contributed by atoms with Gasteiger partial charge in [0, 0.05) is 23.6 Å². The molecule has 0 saturated heterocycles. The number of non-ortho nitro benzene ring substituents is 1. The standard InChI is InChI=1S/C16H21N5O2S.HI/c1-4-17-16(19-10-15-11(2)20-12(3)24-15)18-9-13-6-5-7-14(8-13)21(22)23;/h5-8H,4,9-10H2,1-3H3,(H2,17,18,19);1H. The summed E-state index contributed by atoms with van der Waals surface area (Å²) in [6.07, 6.45) is 0. The molecule has 136 valence electrons. The molecule has 2 N–H and O–H groups in total. The van der Waals surface area contributed by atoms with E-state index in [1.54, 1.807) is 23.5 Å². The van der Waals surface area contributed by atoms with Crippen molar-refractivity contribution in [2.75, 3.05) is 6.54 Å². The lowest BCUT2D eigenvalue weighted by molar-refractivity contribution is -0.384. The first-order chi connectivity index (χ1) is 11.5. The molecule has 1 heterocycles. The molecule has 0 radical (unpaired) electrons. The number of aliphatic imine (C=N–C) groups is 1. The molecule has 0 aliphatic heterocycles. The second kappa shape index (κ2) is 10.3. The number of rotatable bonds is 6. The van der Waals surface area contributed by atoms with Crippen molar-refractivity contribution in [3.05, 3.63) is 55.5 Å². The van der Waals surface area contributed by atoms with E-state index < -0.39 is 4.92 Å². The van der Waals surface area contributed by atoms with Gasteiger partial charge in [0.05, 0.1) is 28.7 Å². The minimum Gasteiger partial charge on any atom is -0.357 e. The molecule has 7 nitrogen and oxygen atoms in total. The number of halogens is 1. The fraction of sp³-hybridized carbons (Fsp3) is 0.375. The summed E-state index contributed by atoms with van der Waals surface area (Å²) in [6.45, 7) is 7.74. The molecule has 25 heavy (non-hydrogen) atoms. The number of nitro benzene ring substituents is 1. The van der Waals surface area contributed by atoms with Crippen molar-refractivity contribution in [2.24, 2.45) is 4.99 Å². The Balaban J connectivity index is 0.00000312. The predicted octanol–water partition coefficient (Wildman–Crippen LogP) is 3.54. The Hall–Kier alpha value is -1.75. The maximum absolute atomic E-state index is 10.8. The van der Waals surface area contributed by atoms with Gasteiger partial charge >= 0.3 is 0 Å². The number of thiazole rings is 1. The van der Waals surface area contributed by atoms with E-state index in [0.717, 1.165) is 22.8 Å². The SMILES string of the molecule is CCNC(=NCc1cccc([N+](=O)[O-])c1)NCc1sc(C)nc1C.I. The molecule has 1 aromatic heterocycles. The third kappa shape index (κ3) is 6.58. The lowest BCUT2D eigenvalue weighted by atomic mass is 10.2. The van der Waals surface area contributed by atoms with Crippen LogP contribution in [0.25, 0.3) is 0 Å². The van der Waals surface area contributed by atoms with Crippen LogP contribution in [0, 0.1) is 24.0 Å². The fourth-order valence-corrected chi connectivity index (χ4v) is 3.06. The van der Waals surface area contributed by atoms with Gasteiger partial charge in [0.1, 0.15) is 0 Å². The molecule has 9 heteroatoms. The Morgan fingerprint density at radius 3 is 2.72 bits per heavy atom. The van der Waals surface area contributed by atoms with Gasteiger partial charge in [-0.25, -0.2) is 9.98 Å². The summed E-state index contributed by atoms with van der Waals surface area (Å²) < 4.78 is 0. The van der Waals surface area contributed by atoms with Gasteiger partial charge < -0.3 is 10.6 Å². The van der Waals surface area contributed by atoms with Gasteiger partial charge in [-0.3, -0.25) is 10.1 Å². The van der Waals surface area contributed by atoms with Gasteiger partial charge in [0.15, 0.2) is 5.96 Å². The Morgan fingerprint density at radius 1 is 1.36 bits per heavy atom. The van der Waals surface area contributed by atoms with Gasteiger partial charge in [0.25, 0.3) is 5.69 Å². The molecule has 0 saturated carbocycles. The number of guanidine groups is 1. The molecule has 2 rings (SSSR count). The van der Waals surface area contributed by atoms with Crippen LogP contribution in [0.1, 0.15) is 28.1 Å². The van der Waals surface area contributed by atoms with Gasteiger partial charge in [-0.1, -0.05) is 12.1 Å². The maximum Gasteiger partial charge on any atom is 0.269 e. The fourth-order valence-electron chi connectivity index (χ4n) is 2.18. The number of hydrogen-bond donors (Lipinski definition) is 2. The maximum atomic E-state index is 10.8. The number of aromatic nitrogens is 1. The molecule has 0 spiro atoms. The van der Waals surface area contributed by atoms with Gasteiger partial charge in [-0.05, 0) is 26.3 Å². The second-order valence-corrected chi connectivity index (χ2v) is 6.50. The molecule has 0 aliphatic carbocycles. The van der Waals surface area contributed by atoms with Crippen LogP contribution in [-0.4, -0.2) is 22.4 Å². The van der Waals surface area contributed by atoms with E-state index in [4.69, 9.17) is 0 Å². The molecule has 0 bridgehead atoms. The number of nitrogens with zero attached hydrogens (tertiary/aromatic N) is 3. The lowest BCUT2D eigenvalue weighted by Gasteiger charge is -2.10. The largest absolute Gasteiger partial charge is 0.357 e.